The topological polar surface area (TPSA) is 133 Å². The van der Waals surface area contributed by atoms with Crippen LogP contribution < -0.4 is 42.0 Å². The predicted molar refractivity (Wildman–Crippen MR) is 289 cm³/mol. The number of ketones is 2. The summed E-state index contributed by atoms with van der Waals surface area (Å²) in [6, 6.07) is 71.3. The number of Topliss-reactive ketones (excluding diaryl/α,β-unsaturated/α-hetero) is 2. The summed E-state index contributed by atoms with van der Waals surface area (Å²) < 4.78 is 10.5. The van der Waals surface area contributed by atoms with Crippen molar-refractivity contribution in [3.05, 3.63) is 242 Å². The molecule has 0 aliphatic heterocycles. The molecule has 0 N–H and O–H groups in total. The molecule has 0 saturated heterocycles. The van der Waals surface area contributed by atoms with Crippen molar-refractivity contribution in [1.29, 1.82) is 0 Å². The Bertz CT molecular complexity index is 2510. The standard InChI is InChI=1S/2C28H27O4P.C6H6/c2*1-2-32-27(31)28(20-12-19-25(28)29)26(30)21-33(22-13-6-3-7-14-22,23-15-8-4-9-16-23)24-17-10-5-11-18-24;1-2-4-6-5-3-1/h2*3-11,13-18,21H,2,12,19-20H2,1H3;1-6H/b2*26-21-;/t2*28-;/m00./s1. The largest absolute Gasteiger partial charge is 0.872 e. The van der Waals surface area contributed by atoms with Crippen molar-refractivity contribution in [1.82, 2.24) is 0 Å². The van der Waals surface area contributed by atoms with Gasteiger partial charge in [0.15, 0.2) is 11.6 Å². The molecule has 0 unspecified atom stereocenters. The van der Waals surface area contributed by atoms with Crippen LogP contribution in [0.1, 0.15) is 52.4 Å². The molecule has 2 fully saturated rings. The van der Waals surface area contributed by atoms with E-state index in [0.717, 1.165) is 31.8 Å². The van der Waals surface area contributed by atoms with Gasteiger partial charge in [0.25, 0.3) is 0 Å². The van der Waals surface area contributed by atoms with Crippen LogP contribution in [-0.2, 0) is 28.7 Å². The highest BCUT2D eigenvalue weighted by Crippen LogP contribution is 2.60. The van der Waals surface area contributed by atoms with Crippen molar-refractivity contribution in [2.24, 2.45) is 10.8 Å². The first-order valence-corrected chi connectivity index (χ1v) is 28.2. The third kappa shape index (κ3) is 10.8. The van der Waals surface area contributed by atoms with Crippen LogP contribution in [0.3, 0.4) is 0 Å². The molecule has 10 heteroatoms. The minimum Gasteiger partial charge on any atom is -0.872 e. The van der Waals surface area contributed by atoms with Gasteiger partial charge in [-0.15, -0.1) is 0 Å². The van der Waals surface area contributed by atoms with Gasteiger partial charge in [0, 0.05) is 12.8 Å². The first-order chi connectivity index (χ1) is 35.1. The second-order valence-corrected chi connectivity index (χ2v) is 23.9. The zero-order chi connectivity index (χ0) is 50.9. The fourth-order valence-electron chi connectivity index (χ4n) is 9.67. The lowest BCUT2D eigenvalue weighted by molar-refractivity contribution is -0.321. The number of ether oxygens (including phenoxy) is 2. The van der Waals surface area contributed by atoms with Gasteiger partial charge in [-0.25, -0.2) is 0 Å². The molecular formula is C62H60O8P2. The SMILES string of the molecule is CCOC(=O)[C@@]1(/C([O-])=C/[P+](c2ccccc2)(c2ccccc2)c2ccccc2)CCCC1=O.CCOC(=O)[C@@]1(/C([O-])=C/[P+](c2ccccc2)(c2ccccc2)c2ccccc2)CCCC1=O.c1ccccc1. The summed E-state index contributed by atoms with van der Waals surface area (Å²) >= 11 is 0. The van der Waals surface area contributed by atoms with Crippen LogP contribution in [0.5, 0.6) is 0 Å². The molecular weight excluding hydrogens is 935 g/mol. The lowest BCUT2D eigenvalue weighted by Gasteiger charge is -2.34. The Morgan fingerprint density at radius 3 is 0.806 bits per heavy atom. The number of rotatable bonds is 14. The van der Waals surface area contributed by atoms with Crippen LogP contribution in [0.4, 0.5) is 0 Å². The van der Waals surface area contributed by atoms with E-state index in [9.17, 15) is 29.4 Å². The minimum atomic E-state index is -2.62. The van der Waals surface area contributed by atoms with Crippen molar-refractivity contribution >= 4 is 69.9 Å². The van der Waals surface area contributed by atoms with Crippen LogP contribution in [0.15, 0.2) is 242 Å². The third-order valence-corrected chi connectivity index (χ3v) is 21.1. The van der Waals surface area contributed by atoms with E-state index in [1.807, 2.05) is 218 Å². The molecule has 2 atom stereocenters. The van der Waals surface area contributed by atoms with Gasteiger partial charge in [0.05, 0.1) is 24.8 Å². The third-order valence-electron chi connectivity index (χ3n) is 13.2. The molecule has 0 amide bonds. The van der Waals surface area contributed by atoms with Crippen LogP contribution in [-0.4, -0.2) is 36.7 Å². The van der Waals surface area contributed by atoms with E-state index in [1.165, 1.54) is 0 Å². The van der Waals surface area contributed by atoms with Crippen molar-refractivity contribution in [2.75, 3.05) is 13.2 Å². The second kappa shape index (κ2) is 24.7. The van der Waals surface area contributed by atoms with E-state index < -0.39 is 48.8 Å². The first-order valence-electron chi connectivity index (χ1n) is 24.4. The molecule has 366 valence electrons. The molecule has 0 heterocycles. The number of benzene rings is 7. The highest BCUT2D eigenvalue weighted by atomic mass is 31.2. The van der Waals surface area contributed by atoms with E-state index in [2.05, 4.69) is 0 Å². The Morgan fingerprint density at radius 2 is 0.625 bits per heavy atom. The Labute approximate surface area is 424 Å². The fraction of sp³-hybridized carbons (Fsp3) is 0.194. The molecule has 9 rings (SSSR count). The fourth-order valence-corrected chi connectivity index (χ4v) is 17.4. The molecule has 0 radical (unpaired) electrons. The highest BCUT2D eigenvalue weighted by Gasteiger charge is 2.54. The molecule has 0 aromatic heterocycles. The molecule has 0 spiro atoms. The van der Waals surface area contributed by atoms with E-state index in [-0.39, 0.29) is 50.5 Å². The summed E-state index contributed by atoms with van der Waals surface area (Å²) in [7, 11) is -5.25. The highest BCUT2D eigenvalue weighted by molar-refractivity contribution is 7.98. The van der Waals surface area contributed by atoms with Gasteiger partial charge < -0.3 is 19.7 Å². The average molecular weight is 995 g/mol. The van der Waals surface area contributed by atoms with Crippen LogP contribution in [0, 0.1) is 10.8 Å². The summed E-state index contributed by atoms with van der Waals surface area (Å²) in [6.07, 6.45) is 1.82. The monoisotopic (exact) mass is 994 g/mol. The smallest absolute Gasteiger partial charge is 0.323 e. The lowest BCUT2D eigenvalue weighted by Crippen LogP contribution is -2.44. The van der Waals surface area contributed by atoms with Crippen molar-refractivity contribution in [3.8, 4) is 0 Å². The molecule has 0 bridgehead atoms. The summed E-state index contributed by atoms with van der Waals surface area (Å²) in [4.78, 5) is 52.1. The van der Waals surface area contributed by atoms with Gasteiger partial charge in [-0.2, -0.15) is 0 Å². The van der Waals surface area contributed by atoms with Crippen molar-refractivity contribution in [3.63, 3.8) is 0 Å². The Kier molecular flexibility index (Phi) is 18.1. The second-order valence-electron chi connectivity index (χ2n) is 17.4. The number of esters is 2. The number of hydrogen-bond acceptors (Lipinski definition) is 8. The molecule has 2 aliphatic rings. The molecule has 2 aliphatic carbocycles. The maximum Gasteiger partial charge on any atom is 0.323 e. The van der Waals surface area contributed by atoms with E-state index in [0.29, 0.717) is 12.8 Å². The first kappa shape index (κ1) is 52.6. The average Bonchev–Trinajstić information content (AvgIpc) is 4.05. The zero-order valence-electron chi connectivity index (χ0n) is 40.8. The van der Waals surface area contributed by atoms with E-state index >= 15 is 0 Å². The van der Waals surface area contributed by atoms with Crippen LogP contribution >= 0.6 is 14.5 Å². The van der Waals surface area contributed by atoms with Gasteiger partial charge >= 0.3 is 11.9 Å². The number of hydrogen-bond donors (Lipinski definition) is 0. The quantitative estimate of drug-likeness (QED) is 0.0458. The van der Waals surface area contributed by atoms with Gasteiger partial charge in [0.2, 0.25) is 0 Å². The number of carbonyl (C=O) groups excluding carboxylic acids is 4. The summed E-state index contributed by atoms with van der Waals surface area (Å²) in [5, 5.41) is 34.1. The summed E-state index contributed by atoms with van der Waals surface area (Å²) in [5.74, 6) is 0.355. The molecule has 7 aromatic carbocycles. The van der Waals surface area contributed by atoms with Gasteiger partial charge in [-0.3, -0.25) is 19.2 Å². The van der Waals surface area contributed by atoms with E-state index in [1.54, 1.807) is 25.5 Å². The Morgan fingerprint density at radius 1 is 0.417 bits per heavy atom. The van der Waals surface area contributed by atoms with Crippen molar-refractivity contribution in [2.45, 2.75) is 52.4 Å². The molecule has 2 saturated carbocycles. The van der Waals surface area contributed by atoms with Gasteiger partial charge in [0.1, 0.15) is 57.2 Å². The van der Waals surface area contributed by atoms with Gasteiger partial charge in [-0.1, -0.05) is 157 Å². The van der Waals surface area contributed by atoms with Gasteiger partial charge in [-0.05, 0) is 112 Å². The van der Waals surface area contributed by atoms with E-state index in [4.69, 9.17) is 9.47 Å². The molecule has 7 aromatic rings. The molecule has 8 nitrogen and oxygen atoms in total. The Balaban J connectivity index is 0.000000189. The normalized spacial score (nSPS) is 17.9. The minimum absolute atomic E-state index is 0.123. The zero-order valence-corrected chi connectivity index (χ0v) is 42.5. The Hall–Kier alpha value is -7.24. The van der Waals surface area contributed by atoms with Crippen molar-refractivity contribution < 1.29 is 38.9 Å². The van der Waals surface area contributed by atoms with Crippen LogP contribution in [0.25, 0.3) is 0 Å². The lowest BCUT2D eigenvalue weighted by atomic mass is 9.83. The number of carbonyl (C=O) groups is 4. The predicted octanol–water partition coefficient (Wildman–Crippen LogP) is 8.66. The maximum absolute atomic E-state index is 14.1. The summed E-state index contributed by atoms with van der Waals surface area (Å²) in [5.41, 5.74) is -3.50. The summed E-state index contributed by atoms with van der Waals surface area (Å²) in [6.45, 7) is 3.62. The van der Waals surface area contributed by atoms with Crippen LogP contribution in [0.2, 0.25) is 0 Å². The maximum atomic E-state index is 14.1. The molecule has 72 heavy (non-hydrogen) atoms.